The van der Waals surface area contributed by atoms with Crippen molar-refractivity contribution in [2.24, 2.45) is 5.73 Å². The number of hydrogen-bond acceptors (Lipinski definition) is 16. The molecule has 0 spiro atoms. The standard InChI is InChI=1S/C18H33NO15/c19-16-12(27)11(26)15(8(5-22)32-16)34-18(31)14(29)10(25)7(2-4-21)33-17(30)13(28)9(24)6(23)1-3-20/h6-8,11-12,15-18,20-31H,1-5,19H2/b13-9-,14-10-/t6-,7-,8?,11?,12?,15-,16-,17-,18-/m1/s1. The van der Waals surface area contributed by atoms with E-state index in [1.165, 1.54) is 0 Å². The first kappa shape index (κ1) is 30.2. The first-order valence-corrected chi connectivity index (χ1v) is 10.1. The number of ether oxygens (including phenoxy) is 3. The molecular formula is C18H33NO15. The highest BCUT2D eigenvalue weighted by molar-refractivity contribution is 5.10. The van der Waals surface area contributed by atoms with Gasteiger partial charge in [0.05, 0.1) is 6.61 Å². The van der Waals surface area contributed by atoms with Gasteiger partial charge in [-0.3, -0.25) is 0 Å². The van der Waals surface area contributed by atoms with E-state index in [9.17, 15) is 51.1 Å². The lowest BCUT2D eigenvalue weighted by atomic mass is 9.98. The van der Waals surface area contributed by atoms with Crippen molar-refractivity contribution >= 4 is 0 Å². The second kappa shape index (κ2) is 13.9. The van der Waals surface area contributed by atoms with Crippen LogP contribution in [0.5, 0.6) is 0 Å². The summed E-state index contributed by atoms with van der Waals surface area (Å²) < 4.78 is 14.9. The van der Waals surface area contributed by atoms with E-state index in [4.69, 9.17) is 30.2 Å². The molecule has 1 saturated heterocycles. The van der Waals surface area contributed by atoms with Gasteiger partial charge in [-0.1, -0.05) is 0 Å². The molecule has 0 saturated carbocycles. The van der Waals surface area contributed by atoms with Gasteiger partial charge in [0.15, 0.2) is 23.0 Å². The fraction of sp³-hybridized carbons (Fsp3) is 0.778. The number of aliphatic hydroxyl groups excluding tert-OH is 12. The van der Waals surface area contributed by atoms with Crippen molar-refractivity contribution in [3.63, 3.8) is 0 Å². The number of hydrogen-bond donors (Lipinski definition) is 13. The first-order chi connectivity index (χ1) is 15.9. The van der Waals surface area contributed by atoms with Crippen molar-refractivity contribution in [1.29, 1.82) is 0 Å². The van der Waals surface area contributed by atoms with Crippen molar-refractivity contribution in [3.05, 3.63) is 23.0 Å². The maximum absolute atomic E-state index is 10.2. The van der Waals surface area contributed by atoms with Crippen molar-refractivity contribution in [2.45, 2.75) is 68.3 Å². The Labute approximate surface area is 193 Å². The van der Waals surface area contributed by atoms with Crippen LogP contribution in [0.2, 0.25) is 0 Å². The highest BCUT2D eigenvalue weighted by atomic mass is 16.7. The van der Waals surface area contributed by atoms with Crippen molar-refractivity contribution < 1.29 is 75.5 Å². The molecule has 0 aromatic heterocycles. The molecule has 0 radical (unpaired) electrons. The Hall–Kier alpha value is -1.80. The van der Waals surface area contributed by atoms with Gasteiger partial charge in [-0.15, -0.1) is 0 Å². The highest BCUT2D eigenvalue weighted by Gasteiger charge is 2.45. The number of aliphatic hydroxyl groups is 12. The SMILES string of the molecule is N[C@@H]1OC(CO)[C@@H](O[C@@H](O)/C(O)=C(/O)[C@@H](CCO)O[C@@H](O)/C(O)=C(/O)[C@H](O)CCO)C(O)C1O. The fourth-order valence-corrected chi connectivity index (χ4v) is 2.95. The minimum atomic E-state index is -2.41. The van der Waals surface area contributed by atoms with Gasteiger partial charge in [-0.05, 0) is 0 Å². The van der Waals surface area contributed by atoms with Crippen molar-refractivity contribution in [2.75, 3.05) is 19.8 Å². The van der Waals surface area contributed by atoms with Gasteiger partial charge in [0.25, 0.3) is 0 Å². The van der Waals surface area contributed by atoms with Crippen LogP contribution in [-0.2, 0) is 14.2 Å². The van der Waals surface area contributed by atoms with E-state index in [2.05, 4.69) is 0 Å². The van der Waals surface area contributed by atoms with Crippen LogP contribution in [-0.4, -0.2) is 137 Å². The fourth-order valence-electron chi connectivity index (χ4n) is 2.95. The topological polar surface area (TPSA) is 296 Å². The van der Waals surface area contributed by atoms with E-state index < -0.39 is 111 Å². The molecule has 0 aliphatic carbocycles. The third-order valence-corrected chi connectivity index (χ3v) is 4.89. The maximum Gasteiger partial charge on any atom is 0.218 e. The molecule has 1 aliphatic heterocycles. The smallest absolute Gasteiger partial charge is 0.218 e. The molecule has 1 aliphatic rings. The molecule has 14 N–H and O–H groups in total. The third-order valence-electron chi connectivity index (χ3n) is 4.89. The molecular weight excluding hydrogens is 470 g/mol. The van der Waals surface area contributed by atoms with E-state index >= 15 is 0 Å². The Morgan fingerprint density at radius 2 is 1.35 bits per heavy atom. The van der Waals surface area contributed by atoms with E-state index in [0.29, 0.717) is 0 Å². The quantitative estimate of drug-likeness (QED) is 0.0833. The van der Waals surface area contributed by atoms with Crippen LogP contribution >= 0.6 is 0 Å². The van der Waals surface area contributed by atoms with Gasteiger partial charge in [0.1, 0.15) is 42.9 Å². The first-order valence-electron chi connectivity index (χ1n) is 10.1. The van der Waals surface area contributed by atoms with Crippen LogP contribution < -0.4 is 5.73 Å². The molecule has 16 heteroatoms. The summed E-state index contributed by atoms with van der Waals surface area (Å²) in [7, 11) is 0. The van der Waals surface area contributed by atoms with E-state index in [0.717, 1.165) is 0 Å². The van der Waals surface area contributed by atoms with Gasteiger partial charge in [0, 0.05) is 26.1 Å². The summed E-state index contributed by atoms with van der Waals surface area (Å²) in [6, 6.07) is 0. The number of nitrogens with two attached hydrogens (primary N) is 1. The summed E-state index contributed by atoms with van der Waals surface area (Å²) in [6.45, 7) is -2.05. The Bertz CT molecular complexity index is 686. The van der Waals surface area contributed by atoms with Gasteiger partial charge < -0.3 is 81.2 Å². The number of rotatable bonds is 13. The molecule has 9 atom stereocenters. The van der Waals surface area contributed by atoms with Crippen molar-refractivity contribution in [3.8, 4) is 0 Å². The highest BCUT2D eigenvalue weighted by Crippen LogP contribution is 2.25. The van der Waals surface area contributed by atoms with Crippen LogP contribution in [0.4, 0.5) is 0 Å². The zero-order chi connectivity index (χ0) is 26.2. The van der Waals surface area contributed by atoms with Crippen LogP contribution in [0, 0.1) is 0 Å². The molecule has 1 fully saturated rings. The Morgan fingerprint density at radius 3 is 1.88 bits per heavy atom. The molecule has 34 heavy (non-hydrogen) atoms. The van der Waals surface area contributed by atoms with Gasteiger partial charge in [-0.2, -0.15) is 0 Å². The van der Waals surface area contributed by atoms with Crippen LogP contribution in [0.3, 0.4) is 0 Å². The summed E-state index contributed by atoms with van der Waals surface area (Å²) in [5.41, 5.74) is 5.44. The van der Waals surface area contributed by atoms with Gasteiger partial charge >= 0.3 is 0 Å². The lowest BCUT2D eigenvalue weighted by molar-refractivity contribution is -0.271. The average molecular weight is 503 g/mol. The summed E-state index contributed by atoms with van der Waals surface area (Å²) in [6.07, 6.45) is -17.2. The van der Waals surface area contributed by atoms with E-state index in [1.807, 2.05) is 0 Å². The second-order valence-corrected chi connectivity index (χ2v) is 7.31. The molecule has 0 bridgehead atoms. The Morgan fingerprint density at radius 1 is 0.794 bits per heavy atom. The zero-order valence-electron chi connectivity index (χ0n) is 17.9. The second-order valence-electron chi connectivity index (χ2n) is 7.31. The van der Waals surface area contributed by atoms with Gasteiger partial charge in [0.2, 0.25) is 12.6 Å². The molecule has 1 heterocycles. The molecule has 0 aromatic carbocycles. The molecule has 16 nitrogen and oxygen atoms in total. The van der Waals surface area contributed by atoms with Crippen molar-refractivity contribution in [1.82, 2.24) is 0 Å². The van der Waals surface area contributed by atoms with E-state index in [1.54, 1.807) is 0 Å². The molecule has 200 valence electrons. The van der Waals surface area contributed by atoms with Crippen LogP contribution in [0.1, 0.15) is 12.8 Å². The predicted molar refractivity (Wildman–Crippen MR) is 108 cm³/mol. The lowest BCUT2D eigenvalue weighted by Gasteiger charge is -2.41. The van der Waals surface area contributed by atoms with Gasteiger partial charge in [-0.25, -0.2) is 0 Å². The summed E-state index contributed by atoms with van der Waals surface area (Å²) in [5.74, 6) is -5.01. The monoisotopic (exact) mass is 503 g/mol. The summed E-state index contributed by atoms with van der Waals surface area (Å²) in [4.78, 5) is 0. The minimum Gasteiger partial charge on any atom is -0.506 e. The molecule has 0 aromatic rings. The average Bonchev–Trinajstić information content (AvgIpc) is 2.81. The minimum absolute atomic E-state index is 0.399. The largest absolute Gasteiger partial charge is 0.506 e. The lowest BCUT2D eigenvalue weighted by Crippen LogP contribution is -2.62. The predicted octanol–water partition coefficient (Wildman–Crippen LogP) is -4.43. The zero-order valence-corrected chi connectivity index (χ0v) is 17.9. The van der Waals surface area contributed by atoms with Crippen LogP contribution in [0.25, 0.3) is 0 Å². The Balaban J connectivity index is 3.04. The Kier molecular flexibility index (Phi) is 12.4. The van der Waals surface area contributed by atoms with E-state index in [-0.39, 0.29) is 0 Å². The molecule has 0 amide bonds. The molecule has 3 unspecified atom stereocenters. The summed E-state index contributed by atoms with van der Waals surface area (Å²) >= 11 is 0. The molecule has 1 rings (SSSR count). The normalized spacial score (nSPS) is 30.7. The van der Waals surface area contributed by atoms with Crippen LogP contribution in [0.15, 0.2) is 23.0 Å². The third kappa shape index (κ3) is 7.60. The maximum atomic E-state index is 10.2. The summed E-state index contributed by atoms with van der Waals surface area (Å²) in [5, 5.41) is 117.